The van der Waals surface area contributed by atoms with Crippen LogP contribution in [0.25, 0.3) is 0 Å². The summed E-state index contributed by atoms with van der Waals surface area (Å²) in [5, 5.41) is 12.9. The Morgan fingerprint density at radius 2 is 2.12 bits per heavy atom. The molecule has 2 atom stereocenters. The van der Waals surface area contributed by atoms with E-state index in [1.165, 1.54) is 0 Å². The highest BCUT2D eigenvalue weighted by Gasteiger charge is 2.28. The summed E-state index contributed by atoms with van der Waals surface area (Å²) in [7, 11) is 0. The standard InChI is InChI=1S/C19H30N2O3/c1-15(17-10-7-11-21(12-17)14-19(2,3)23)20-18(22)24-13-16-8-5-4-6-9-16/h4-6,8-9,15,17,23H,7,10-14H2,1-3H3,(H,20,22). The van der Waals surface area contributed by atoms with Crippen LogP contribution in [0, 0.1) is 5.92 Å². The van der Waals surface area contributed by atoms with E-state index in [-0.39, 0.29) is 18.7 Å². The predicted molar refractivity (Wildman–Crippen MR) is 94.7 cm³/mol. The molecule has 0 radical (unpaired) electrons. The van der Waals surface area contributed by atoms with Gasteiger partial charge in [-0.25, -0.2) is 4.79 Å². The minimum Gasteiger partial charge on any atom is -0.445 e. The van der Waals surface area contributed by atoms with E-state index >= 15 is 0 Å². The van der Waals surface area contributed by atoms with Crippen LogP contribution in [0.15, 0.2) is 30.3 Å². The van der Waals surface area contributed by atoms with Gasteiger partial charge in [0.05, 0.1) is 5.60 Å². The number of rotatable bonds is 6. The first-order chi connectivity index (χ1) is 11.3. The van der Waals surface area contributed by atoms with Gasteiger partial charge in [-0.2, -0.15) is 0 Å². The number of aliphatic hydroxyl groups is 1. The van der Waals surface area contributed by atoms with Crippen LogP contribution < -0.4 is 5.32 Å². The minimum absolute atomic E-state index is 0.0536. The van der Waals surface area contributed by atoms with Crippen LogP contribution >= 0.6 is 0 Å². The monoisotopic (exact) mass is 334 g/mol. The Balaban J connectivity index is 1.76. The second kappa shape index (κ2) is 8.49. The van der Waals surface area contributed by atoms with E-state index in [1.807, 2.05) is 51.1 Å². The molecule has 1 saturated heterocycles. The molecule has 0 aliphatic carbocycles. The molecule has 1 aromatic rings. The van der Waals surface area contributed by atoms with Crippen molar-refractivity contribution in [2.24, 2.45) is 5.92 Å². The largest absolute Gasteiger partial charge is 0.445 e. The van der Waals surface area contributed by atoms with E-state index in [0.717, 1.165) is 31.5 Å². The van der Waals surface area contributed by atoms with Crippen LogP contribution in [0.1, 0.15) is 39.2 Å². The quantitative estimate of drug-likeness (QED) is 0.840. The zero-order chi connectivity index (χ0) is 17.6. The summed E-state index contributed by atoms with van der Waals surface area (Å²) in [5.41, 5.74) is 0.294. The lowest BCUT2D eigenvalue weighted by molar-refractivity contribution is 0.0181. The van der Waals surface area contributed by atoms with Gasteiger partial charge in [-0.3, -0.25) is 0 Å². The summed E-state index contributed by atoms with van der Waals surface area (Å²) in [6, 6.07) is 9.72. The van der Waals surface area contributed by atoms with Crippen LogP contribution in [0.2, 0.25) is 0 Å². The molecule has 0 saturated carbocycles. The molecule has 1 aliphatic rings. The van der Waals surface area contributed by atoms with Crippen molar-refractivity contribution in [2.45, 2.75) is 51.9 Å². The molecule has 1 aromatic carbocycles. The third-order valence-corrected chi connectivity index (χ3v) is 4.42. The Labute approximate surface area is 145 Å². The van der Waals surface area contributed by atoms with E-state index in [1.54, 1.807) is 0 Å². The molecule has 2 N–H and O–H groups in total. The fourth-order valence-corrected chi connectivity index (χ4v) is 3.26. The maximum atomic E-state index is 12.0. The average Bonchev–Trinajstić information content (AvgIpc) is 2.52. The minimum atomic E-state index is -0.687. The van der Waals surface area contributed by atoms with Crippen molar-refractivity contribution in [3.8, 4) is 0 Å². The van der Waals surface area contributed by atoms with Crippen LogP contribution in [0.5, 0.6) is 0 Å². The predicted octanol–water partition coefficient (Wildman–Crippen LogP) is 2.78. The summed E-state index contributed by atoms with van der Waals surface area (Å²) in [6.07, 6.45) is 1.81. The van der Waals surface area contributed by atoms with Crippen molar-refractivity contribution in [1.82, 2.24) is 10.2 Å². The van der Waals surface area contributed by atoms with Gasteiger partial charge in [-0.05, 0) is 51.6 Å². The molecule has 5 heteroatoms. The third-order valence-electron chi connectivity index (χ3n) is 4.42. The van der Waals surface area contributed by atoms with Crippen molar-refractivity contribution in [2.75, 3.05) is 19.6 Å². The highest BCUT2D eigenvalue weighted by Crippen LogP contribution is 2.21. The third kappa shape index (κ3) is 6.49. The van der Waals surface area contributed by atoms with Gasteiger partial charge in [0.1, 0.15) is 6.61 Å². The number of hydrogen-bond acceptors (Lipinski definition) is 4. The smallest absolute Gasteiger partial charge is 0.407 e. The van der Waals surface area contributed by atoms with Gasteiger partial charge in [-0.1, -0.05) is 30.3 Å². The highest BCUT2D eigenvalue weighted by molar-refractivity contribution is 5.67. The van der Waals surface area contributed by atoms with E-state index < -0.39 is 5.60 Å². The molecule has 0 spiro atoms. The number of carbonyl (C=O) groups is 1. The molecular weight excluding hydrogens is 304 g/mol. The summed E-state index contributed by atoms with van der Waals surface area (Å²) < 4.78 is 5.29. The number of piperidine rings is 1. The van der Waals surface area contributed by atoms with Crippen molar-refractivity contribution in [1.29, 1.82) is 0 Å². The number of likely N-dealkylation sites (tertiary alicyclic amines) is 1. The lowest BCUT2D eigenvalue weighted by Crippen LogP contribution is -2.49. The summed E-state index contributed by atoms with van der Waals surface area (Å²) in [4.78, 5) is 14.3. The number of ether oxygens (including phenoxy) is 1. The summed E-state index contributed by atoms with van der Waals surface area (Å²) in [6.45, 7) is 8.54. The number of alkyl carbamates (subject to hydrolysis) is 1. The zero-order valence-corrected chi connectivity index (χ0v) is 15.0. The Bertz CT molecular complexity index is 513. The molecule has 1 amide bonds. The molecule has 1 fully saturated rings. The summed E-state index contributed by atoms with van der Waals surface area (Å²) >= 11 is 0. The van der Waals surface area contributed by atoms with Crippen LogP contribution in [-0.4, -0.2) is 47.4 Å². The first kappa shape index (κ1) is 18.7. The molecule has 2 unspecified atom stereocenters. The first-order valence-corrected chi connectivity index (χ1v) is 8.75. The van der Waals surface area contributed by atoms with Gasteiger partial charge >= 0.3 is 6.09 Å². The maximum absolute atomic E-state index is 12.0. The number of nitrogens with zero attached hydrogens (tertiary/aromatic N) is 1. The Morgan fingerprint density at radius 1 is 1.42 bits per heavy atom. The maximum Gasteiger partial charge on any atom is 0.407 e. The van der Waals surface area contributed by atoms with E-state index in [4.69, 9.17) is 4.74 Å². The lowest BCUT2D eigenvalue weighted by Gasteiger charge is -2.38. The molecule has 1 heterocycles. The molecule has 5 nitrogen and oxygen atoms in total. The SMILES string of the molecule is CC(NC(=O)OCc1ccccc1)C1CCCN(CC(C)(C)O)C1. The number of nitrogens with one attached hydrogen (secondary N) is 1. The average molecular weight is 334 g/mol. The normalized spacial score (nSPS) is 20.4. The number of carbonyl (C=O) groups excluding carboxylic acids is 1. The molecule has 2 rings (SSSR count). The lowest BCUT2D eigenvalue weighted by atomic mass is 9.91. The molecule has 0 aromatic heterocycles. The fourth-order valence-electron chi connectivity index (χ4n) is 3.26. The molecular formula is C19H30N2O3. The van der Waals surface area contributed by atoms with Crippen molar-refractivity contribution in [3.63, 3.8) is 0 Å². The van der Waals surface area contributed by atoms with Gasteiger partial charge in [0.25, 0.3) is 0 Å². The van der Waals surface area contributed by atoms with Crippen LogP contribution in [0.4, 0.5) is 4.79 Å². The summed E-state index contributed by atoms with van der Waals surface area (Å²) in [5.74, 6) is 0.380. The Kier molecular flexibility index (Phi) is 6.63. The fraction of sp³-hybridized carbons (Fsp3) is 0.632. The molecule has 0 bridgehead atoms. The van der Waals surface area contributed by atoms with Gasteiger partial charge in [-0.15, -0.1) is 0 Å². The topological polar surface area (TPSA) is 61.8 Å². The van der Waals surface area contributed by atoms with E-state index in [9.17, 15) is 9.90 Å². The van der Waals surface area contributed by atoms with Gasteiger partial charge < -0.3 is 20.1 Å². The molecule has 24 heavy (non-hydrogen) atoms. The molecule has 1 aliphatic heterocycles. The number of β-amino-alcohol motifs (C(OH)–C–C–N with tert-alkyl or cyclic N) is 1. The second-order valence-electron chi connectivity index (χ2n) is 7.44. The first-order valence-electron chi connectivity index (χ1n) is 8.75. The van der Waals surface area contributed by atoms with E-state index in [2.05, 4.69) is 10.2 Å². The van der Waals surface area contributed by atoms with Crippen molar-refractivity contribution < 1.29 is 14.6 Å². The second-order valence-corrected chi connectivity index (χ2v) is 7.44. The zero-order valence-electron chi connectivity index (χ0n) is 15.0. The van der Waals surface area contributed by atoms with Crippen molar-refractivity contribution in [3.05, 3.63) is 35.9 Å². The van der Waals surface area contributed by atoms with Gasteiger partial charge in [0.15, 0.2) is 0 Å². The molecule has 134 valence electrons. The van der Waals surface area contributed by atoms with Gasteiger partial charge in [0, 0.05) is 19.1 Å². The van der Waals surface area contributed by atoms with Crippen LogP contribution in [-0.2, 0) is 11.3 Å². The number of benzene rings is 1. The Hall–Kier alpha value is -1.59. The van der Waals surface area contributed by atoms with Gasteiger partial charge in [0.2, 0.25) is 0 Å². The number of hydrogen-bond donors (Lipinski definition) is 2. The Morgan fingerprint density at radius 3 is 2.79 bits per heavy atom. The van der Waals surface area contributed by atoms with E-state index in [0.29, 0.717) is 12.5 Å². The highest BCUT2D eigenvalue weighted by atomic mass is 16.5. The van der Waals surface area contributed by atoms with Crippen LogP contribution in [0.3, 0.4) is 0 Å². The van der Waals surface area contributed by atoms with Crippen molar-refractivity contribution >= 4 is 6.09 Å². The number of amides is 1.